The van der Waals surface area contributed by atoms with Gasteiger partial charge in [0.25, 0.3) is 0 Å². The van der Waals surface area contributed by atoms with Crippen LogP contribution in [0.25, 0.3) is 0 Å². The molecule has 0 amide bonds. The molecule has 2 aromatic carbocycles. The first-order valence-corrected chi connectivity index (χ1v) is 13.1. The summed E-state index contributed by atoms with van der Waals surface area (Å²) in [6.45, 7) is 9.79. The summed E-state index contributed by atoms with van der Waals surface area (Å²) < 4.78 is 17.4. The van der Waals surface area contributed by atoms with Crippen LogP contribution in [-0.4, -0.2) is 25.6 Å². The zero-order valence-electron chi connectivity index (χ0n) is 21.1. The lowest BCUT2D eigenvalue weighted by Gasteiger charge is -2.34. The third-order valence-electron chi connectivity index (χ3n) is 6.75. The lowest BCUT2D eigenvalue weighted by molar-refractivity contribution is -0.114. The van der Waals surface area contributed by atoms with Gasteiger partial charge in [-0.25, -0.2) is 0 Å². The number of halogens is 1. The summed E-state index contributed by atoms with van der Waals surface area (Å²) in [7, 11) is 0. The average molecular weight is 487 g/mol. The third-order valence-corrected chi connectivity index (χ3v) is 7.04. The van der Waals surface area contributed by atoms with Crippen molar-refractivity contribution in [3.63, 3.8) is 0 Å². The second-order valence-corrected chi connectivity index (χ2v) is 10.2. The third kappa shape index (κ3) is 7.15. The molecule has 0 bridgehead atoms. The maximum Gasteiger partial charge on any atom is 0.160 e. The molecular formula is C29H39ClO4. The van der Waals surface area contributed by atoms with Gasteiger partial charge >= 0.3 is 0 Å². The van der Waals surface area contributed by atoms with Crippen molar-refractivity contribution in [2.24, 2.45) is 5.41 Å². The van der Waals surface area contributed by atoms with E-state index in [1.165, 1.54) is 31.2 Å². The minimum absolute atomic E-state index is 0.354. The molecule has 5 heteroatoms. The van der Waals surface area contributed by atoms with Crippen LogP contribution in [0.3, 0.4) is 0 Å². The fourth-order valence-electron chi connectivity index (χ4n) is 4.61. The number of rotatable bonds is 8. The summed E-state index contributed by atoms with van der Waals surface area (Å²) in [5, 5.41) is 0.685. The maximum atomic E-state index is 11.0. The van der Waals surface area contributed by atoms with Crippen molar-refractivity contribution in [1.29, 1.82) is 0 Å². The van der Waals surface area contributed by atoms with Crippen molar-refractivity contribution in [3.05, 3.63) is 52.5 Å². The van der Waals surface area contributed by atoms with Gasteiger partial charge in [-0.2, -0.15) is 0 Å². The van der Waals surface area contributed by atoms with E-state index in [-0.39, 0.29) is 6.10 Å². The summed E-state index contributed by atoms with van der Waals surface area (Å²) in [5.41, 5.74) is 2.91. The predicted molar refractivity (Wildman–Crippen MR) is 139 cm³/mol. The van der Waals surface area contributed by atoms with Crippen LogP contribution < -0.4 is 14.2 Å². The Bertz CT molecular complexity index is 930. The zero-order valence-corrected chi connectivity index (χ0v) is 21.8. The van der Waals surface area contributed by atoms with E-state index in [1.54, 1.807) is 0 Å². The summed E-state index contributed by atoms with van der Waals surface area (Å²) in [4.78, 5) is 11.0. The molecule has 0 radical (unpaired) electrons. The first kappa shape index (κ1) is 26.4. The largest absolute Gasteiger partial charge is 0.493 e. The molecule has 4 rings (SSSR count). The molecule has 0 N–H and O–H groups in total. The van der Waals surface area contributed by atoms with Crippen LogP contribution in [0.1, 0.15) is 83.3 Å². The van der Waals surface area contributed by atoms with Crippen LogP contribution in [0, 0.1) is 5.41 Å². The fourth-order valence-corrected chi connectivity index (χ4v) is 4.85. The van der Waals surface area contributed by atoms with Gasteiger partial charge in [0.15, 0.2) is 12.4 Å². The Kier molecular flexibility index (Phi) is 9.70. The zero-order chi connectivity index (χ0) is 24.6. The van der Waals surface area contributed by atoms with E-state index in [9.17, 15) is 4.79 Å². The van der Waals surface area contributed by atoms with E-state index in [4.69, 9.17) is 25.8 Å². The smallest absolute Gasteiger partial charge is 0.160 e. The van der Waals surface area contributed by atoms with E-state index in [2.05, 4.69) is 26.0 Å². The van der Waals surface area contributed by atoms with Crippen molar-refractivity contribution in [1.82, 2.24) is 0 Å². The van der Waals surface area contributed by atoms with Gasteiger partial charge < -0.3 is 14.2 Å². The first-order valence-electron chi connectivity index (χ1n) is 12.7. The number of hydrogen-bond acceptors (Lipinski definition) is 4. The molecule has 1 saturated carbocycles. The Morgan fingerprint density at radius 2 is 1.76 bits per heavy atom. The van der Waals surface area contributed by atoms with Crippen LogP contribution in [0.5, 0.6) is 17.2 Å². The minimum atomic E-state index is -0.354. The van der Waals surface area contributed by atoms with E-state index >= 15 is 0 Å². The summed E-state index contributed by atoms with van der Waals surface area (Å²) in [6.07, 6.45) is 7.82. The van der Waals surface area contributed by atoms with Crippen molar-refractivity contribution in [2.75, 3.05) is 13.2 Å². The lowest BCUT2D eigenvalue weighted by Crippen LogP contribution is -2.23. The highest BCUT2D eigenvalue weighted by molar-refractivity contribution is 6.32. The molecule has 0 spiro atoms. The van der Waals surface area contributed by atoms with Gasteiger partial charge in [-0.05, 0) is 79.2 Å². The summed E-state index contributed by atoms with van der Waals surface area (Å²) in [5.74, 6) is 2.82. The van der Waals surface area contributed by atoms with Crippen LogP contribution >= 0.6 is 11.6 Å². The molecule has 4 nitrogen and oxygen atoms in total. The van der Waals surface area contributed by atoms with Gasteiger partial charge in [0.1, 0.15) is 17.2 Å². The number of carbonyl (C=O) groups excluding carboxylic acids is 1. The van der Waals surface area contributed by atoms with Gasteiger partial charge in [0.2, 0.25) is 0 Å². The quantitative estimate of drug-likeness (QED) is 0.282. The Balaban J connectivity index is 0.00000158. The first-order chi connectivity index (χ1) is 16.4. The molecule has 1 unspecified atom stereocenters. The average Bonchev–Trinajstić information content (AvgIpc) is 2.85. The van der Waals surface area contributed by atoms with E-state index in [0.717, 1.165) is 48.4 Å². The Morgan fingerprint density at radius 3 is 2.47 bits per heavy atom. The number of benzene rings is 2. The number of carbonyl (C=O) groups is 1. The van der Waals surface area contributed by atoms with Gasteiger partial charge in [-0.3, -0.25) is 4.79 Å². The van der Waals surface area contributed by atoms with Crippen LogP contribution in [0.15, 0.2) is 36.4 Å². The van der Waals surface area contributed by atoms with E-state index in [1.807, 2.05) is 38.1 Å². The van der Waals surface area contributed by atoms with E-state index in [0.29, 0.717) is 29.6 Å². The second kappa shape index (κ2) is 12.5. The molecule has 2 aromatic rings. The standard InChI is InChI=1S/C27H33ClO4.C2H6/c1-27(2)12-10-19(11-13-27)21-6-9-25(24(28)16-21)31-15-3-14-30-22-7-4-20-5-8-23(18-29)32-26(20)17-22;1-2/h4,6-7,9,16-19,23H,3,5,8,10-15H2,1-2H3;1-2H3. The molecule has 1 heterocycles. The van der Waals surface area contributed by atoms with Gasteiger partial charge in [0.05, 0.1) is 18.2 Å². The van der Waals surface area contributed by atoms with Crippen LogP contribution in [0.2, 0.25) is 5.02 Å². The lowest BCUT2D eigenvalue weighted by atomic mass is 9.71. The SMILES string of the molecule is CC.CC1(C)CCC(c2ccc(OCCCOc3ccc4c(c3)OC(C=O)CC4)c(Cl)c2)CC1. The molecule has 1 aliphatic heterocycles. The Labute approximate surface area is 209 Å². The summed E-state index contributed by atoms with van der Waals surface area (Å²) in [6, 6.07) is 12.1. The number of aryl methyl sites for hydroxylation is 1. The van der Waals surface area contributed by atoms with Crippen molar-refractivity contribution in [2.45, 2.75) is 84.7 Å². The highest BCUT2D eigenvalue weighted by Gasteiger charge is 2.27. The number of aldehydes is 1. The predicted octanol–water partition coefficient (Wildman–Crippen LogP) is 7.79. The maximum absolute atomic E-state index is 11.0. The molecular weight excluding hydrogens is 448 g/mol. The fraction of sp³-hybridized carbons (Fsp3) is 0.552. The van der Waals surface area contributed by atoms with E-state index < -0.39 is 0 Å². The molecule has 0 saturated heterocycles. The van der Waals surface area contributed by atoms with Gasteiger partial charge in [0, 0.05) is 12.5 Å². The highest BCUT2D eigenvalue weighted by Crippen LogP contribution is 2.43. The van der Waals surface area contributed by atoms with Crippen molar-refractivity contribution in [3.8, 4) is 17.2 Å². The number of ether oxygens (including phenoxy) is 3. The van der Waals surface area contributed by atoms with Gasteiger partial charge in [-0.1, -0.05) is 51.4 Å². The number of fused-ring (bicyclic) bond motifs is 1. The normalized spacial score (nSPS) is 19.1. The highest BCUT2D eigenvalue weighted by atomic mass is 35.5. The molecule has 2 aliphatic rings. The molecule has 34 heavy (non-hydrogen) atoms. The Morgan fingerprint density at radius 1 is 1.03 bits per heavy atom. The van der Waals surface area contributed by atoms with Crippen LogP contribution in [0.4, 0.5) is 0 Å². The topological polar surface area (TPSA) is 44.8 Å². The van der Waals surface area contributed by atoms with Crippen molar-refractivity contribution >= 4 is 17.9 Å². The second-order valence-electron chi connectivity index (χ2n) is 9.78. The molecule has 1 fully saturated rings. The van der Waals surface area contributed by atoms with Gasteiger partial charge in [-0.15, -0.1) is 0 Å². The molecule has 1 atom stereocenters. The monoisotopic (exact) mass is 486 g/mol. The minimum Gasteiger partial charge on any atom is -0.493 e. The van der Waals surface area contributed by atoms with Crippen molar-refractivity contribution < 1.29 is 19.0 Å². The molecule has 0 aromatic heterocycles. The van der Waals surface area contributed by atoms with Crippen LogP contribution in [-0.2, 0) is 11.2 Å². The number of hydrogen-bond donors (Lipinski definition) is 0. The molecule has 186 valence electrons. The summed E-state index contributed by atoms with van der Waals surface area (Å²) >= 11 is 6.51. The Hall–Kier alpha value is -2.20. The molecule has 1 aliphatic carbocycles.